The molecule has 0 aromatic carbocycles. The normalized spacial score (nSPS) is 12.1. The smallest absolute Gasteiger partial charge is 0.305 e. The molecule has 294 valence electrons. The highest BCUT2D eigenvalue weighted by molar-refractivity contribution is 5.69. The first-order valence-electron chi connectivity index (χ1n) is 19.1. The lowest BCUT2D eigenvalue weighted by molar-refractivity contribution is -0.145. The lowest BCUT2D eigenvalue weighted by Crippen LogP contribution is -2.15. The van der Waals surface area contributed by atoms with Crippen LogP contribution in [0.4, 0.5) is 0 Å². The maximum Gasteiger partial charge on any atom is 0.305 e. The van der Waals surface area contributed by atoms with Crippen molar-refractivity contribution in [2.45, 2.75) is 91.4 Å². The molecule has 0 aromatic rings. The SMILES string of the molecule is CCCCCCCCCCCC(=O)OCCOCCOCCOCCOCCOCCOCCOCCOCCOCCOCC(C)CC. The minimum Gasteiger partial charge on any atom is -0.463 e. The molecule has 0 bridgehead atoms. The highest BCUT2D eigenvalue weighted by Gasteiger charge is 2.03. The summed E-state index contributed by atoms with van der Waals surface area (Å²) in [5.74, 6) is 0.461. The number of carbonyl (C=O) groups is 1. The average molecular weight is 711 g/mol. The summed E-state index contributed by atoms with van der Waals surface area (Å²) in [7, 11) is 0. The van der Waals surface area contributed by atoms with Crippen molar-refractivity contribution in [3.8, 4) is 0 Å². The second-order valence-electron chi connectivity index (χ2n) is 11.9. The number of ether oxygens (including phenoxy) is 11. The molecule has 1 unspecified atom stereocenters. The zero-order valence-corrected chi connectivity index (χ0v) is 31.6. The first kappa shape index (κ1) is 48.1. The van der Waals surface area contributed by atoms with Crippen LogP contribution in [0.3, 0.4) is 0 Å². The van der Waals surface area contributed by atoms with Gasteiger partial charge in [-0.05, 0) is 12.3 Å². The van der Waals surface area contributed by atoms with Gasteiger partial charge in [-0.2, -0.15) is 0 Å². The van der Waals surface area contributed by atoms with Gasteiger partial charge in [0.05, 0.1) is 126 Å². The standard InChI is InChI=1S/C37H74O12/c1-4-6-7-8-9-10-11-12-13-14-37(38)49-34-33-47-30-29-45-26-25-43-22-21-41-18-17-39-15-16-40-19-20-42-23-24-44-27-28-46-31-32-48-35-36(3)5-2/h36H,4-35H2,1-3H3. The van der Waals surface area contributed by atoms with Crippen molar-refractivity contribution in [3.63, 3.8) is 0 Å². The summed E-state index contributed by atoms with van der Waals surface area (Å²) in [6.07, 6.45) is 12.7. The fourth-order valence-electron chi connectivity index (χ4n) is 4.25. The number of hydrogen-bond acceptors (Lipinski definition) is 12. The second kappa shape index (κ2) is 43.2. The zero-order valence-electron chi connectivity index (χ0n) is 31.6. The van der Waals surface area contributed by atoms with E-state index in [9.17, 15) is 4.79 Å². The van der Waals surface area contributed by atoms with Gasteiger partial charge in [-0.25, -0.2) is 0 Å². The molecule has 1 atom stereocenters. The Labute approximate surface area is 298 Å². The van der Waals surface area contributed by atoms with Crippen molar-refractivity contribution in [1.29, 1.82) is 0 Å². The summed E-state index contributed by atoms with van der Waals surface area (Å²) < 4.78 is 60.1. The monoisotopic (exact) mass is 711 g/mol. The van der Waals surface area contributed by atoms with E-state index >= 15 is 0 Å². The van der Waals surface area contributed by atoms with E-state index in [4.69, 9.17) is 52.1 Å². The van der Waals surface area contributed by atoms with Gasteiger partial charge in [0, 0.05) is 13.0 Å². The van der Waals surface area contributed by atoms with Crippen molar-refractivity contribution < 1.29 is 56.9 Å². The largest absolute Gasteiger partial charge is 0.463 e. The van der Waals surface area contributed by atoms with Gasteiger partial charge in [-0.1, -0.05) is 78.6 Å². The number of esters is 1. The van der Waals surface area contributed by atoms with Gasteiger partial charge < -0.3 is 52.1 Å². The van der Waals surface area contributed by atoms with Crippen molar-refractivity contribution in [3.05, 3.63) is 0 Å². The summed E-state index contributed by atoms with van der Waals surface area (Å²) in [5.41, 5.74) is 0. The van der Waals surface area contributed by atoms with E-state index < -0.39 is 0 Å². The molecule has 0 aliphatic rings. The molecule has 0 aliphatic carbocycles. The van der Waals surface area contributed by atoms with Gasteiger partial charge in [0.25, 0.3) is 0 Å². The summed E-state index contributed by atoms with van der Waals surface area (Å²) in [5, 5.41) is 0. The number of hydrogen-bond donors (Lipinski definition) is 0. The molecule has 0 saturated heterocycles. The maximum atomic E-state index is 11.8. The molecule has 0 spiro atoms. The maximum absolute atomic E-state index is 11.8. The van der Waals surface area contributed by atoms with Crippen LogP contribution in [0, 0.1) is 5.92 Å². The molecule has 12 nitrogen and oxygen atoms in total. The van der Waals surface area contributed by atoms with Gasteiger partial charge >= 0.3 is 5.97 Å². The van der Waals surface area contributed by atoms with E-state index in [1.54, 1.807) is 0 Å². The molecular formula is C37H74O12. The van der Waals surface area contributed by atoms with Gasteiger partial charge in [0.1, 0.15) is 6.61 Å². The van der Waals surface area contributed by atoms with E-state index in [0.29, 0.717) is 144 Å². The van der Waals surface area contributed by atoms with Crippen molar-refractivity contribution in [1.82, 2.24) is 0 Å². The first-order valence-corrected chi connectivity index (χ1v) is 19.1. The fourth-order valence-corrected chi connectivity index (χ4v) is 4.25. The lowest BCUT2D eigenvalue weighted by atomic mass is 10.1. The molecule has 0 aromatic heterocycles. The topological polar surface area (TPSA) is 119 Å². The molecular weight excluding hydrogens is 636 g/mol. The summed E-state index contributed by atoms with van der Waals surface area (Å²) in [6, 6.07) is 0. The predicted molar refractivity (Wildman–Crippen MR) is 190 cm³/mol. The van der Waals surface area contributed by atoms with Crippen LogP contribution < -0.4 is 0 Å². The van der Waals surface area contributed by atoms with Crippen LogP contribution in [0.1, 0.15) is 91.4 Å². The Morgan fingerprint density at radius 2 is 0.673 bits per heavy atom. The van der Waals surface area contributed by atoms with E-state index in [-0.39, 0.29) is 5.97 Å². The van der Waals surface area contributed by atoms with Crippen LogP contribution in [-0.4, -0.2) is 145 Å². The van der Waals surface area contributed by atoms with Gasteiger partial charge in [0.2, 0.25) is 0 Å². The average Bonchev–Trinajstić information content (AvgIpc) is 3.11. The van der Waals surface area contributed by atoms with Crippen LogP contribution in [0.15, 0.2) is 0 Å². The minimum atomic E-state index is -0.135. The fraction of sp³-hybridized carbons (Fsp3) is 0.973. The van der Waals surface area contributed by atoms with Gasteiger partial charge in [0.15, 0.2) is 0 Å². The van der Waals surface area contributed by atoms with E-state index in [0.717, 1.165) is 25.9 Å². The Kier molecular flexibility index (Phi) is 42.4. The van der Waals surface area contributed by atoms with Gasteiger partial charge in [-0.3, -0.25) is 4.79 Å². The highest BCUT2D eigenvalue weighted by atomic mass is 16.6. The van der Waals surface area contributed by atoms with Crippen LogP contribution in [0.5, 0.6) is 0 Å². The molecule has 0 radical (unpaired) electrons. The van der Waals surface area contributed by atoms with Crippen LogP contribution in [-0.2, 0) is 56.9 Å². The molecule has 0 amide bonds. The molecule has 0 saturated carbocycles. The molecule has 12 heteroatoms. The molecule has 0 heterocycles. The first-order chi connectivity index (χ1) is 24.2. The molecule has 49 heavy (non-hydrogen) atoms. The third kappa shape index (κ3) is 43.2. The van der Waals surface area contributed by atoms with Crippen molar-refractivity contribution in [2.24, 2.45) is 5.92 Å². The third-order valence-electron chi connectivity index (χ3n) is 7.42. The number of rotatable bonds is 43. The molecule has 0 aliphatic heterocycles. The molecule has 0 N–H and O–H groups in total. The highest BCUT2D eigenvalue weighted by Crippen LogP contribution is 2.10. The third-order valence-corrected chi connectivity index (χ3v) is 7.42. The summed E-state index contributed by atoms with van der Waals surface area (Å²) in [6.45, 7) is 17.4. The summed E-state index contributed by atoms with van der Waals surface area (Å²) in [4.78, 5) is 11.8. The Bertz CT molecular complexity index is 628. The molecule has 0 fully saturated rings. The van der Waals surface area contributed by atoms with E-state index in [1.165, 1.54) is 44.9 Å². The number of unbranched alkanes of at least 4 members (excludes halogenated alkanes) is 8. The Morgan fingerprint density at radius 1 is 0.388 bits per heavy atom. The Balaban J connectivity index is 3.11. The summed E-state index contributed by atoms with van der Waals surface area (Å²) >= 11 is 0. The van der Waals surface area contributed by atoms with Crippen LogP contribution >= 0.6 is 0 Å². The lowest BCUT2D eigenvalue weighted by Gasteiger charge is -2.10. The zero-order chi connectivity index (χ0) is 35.6. The second-order valence-corrected chi connectivity index (χ2v) is 11.9. The van der Waals surface area contributed by atoms with Crippen molar-refractivity contribution in [2.75, 3.05) is 139 Å². The minimum absolute atomic E-state index is 0.135. The van der Waals surface area contributed by atoms with E-state index in [2.05, 4.69) is 20.8 Å². The quantitative estimate of drug-likeness (QED) is 0.0574. The Hall–Kier alpha value is -0.930. The predicted octanol–water partition coefficient (Wildman–Crippen LogP) is 5.66. The van der Waals surface area contributed by atoms with Crippen molar-refractivity contribution >= 4 is 5.97 Å². The van der Waals surface area contributed by atoms with Gasteiger partial charge in [-0.15, -0.1) is 0 Å². The van der Waals surface area contributed by atoms with Crippen LogP contribution in [0.25, 0.3) is 0 Å². The van der Waals surface area contributed by atoms with Crippen LogP contribution in [0.2, 0.25) is 0 Å². The number of carbonyl (C=O) groups excluding carboxylic acids is 1. The molecule has 0 rings (SSSR count). The van der Waals surface area contributed by atoms with E-state index in [1.807, 2.05) is 0 Å². The Morgan fingerprint density at radius 3 is 1.00 bits per heavy atom.